The van der Waals surface area contributed by atoms with Crippen molar-refractivity contribution in [2.45, 2.75) is 58.2 Å². The molecule has 0 atom stereocenters. The maximum Gasteiger partial charge on any atom is 0.260 e. The molecule has 34 heavy (non-hydrogen) atoms. The Bertz CT molecular complexity index is 1410. The molecule has 0 unspecified atom stereocenters. The molecule has 0 aliphatic heterocycles. The lowest BCUT2D eigenvalue weighted by molar-refractivity contribution is 0.394. The summed E-state index contributed by atoms with van der Waals surface area (Å²) in [6, 6.07) is 7.73. The van der Waals surface area contributed by atoms with Crippen LogP contribution in [0.15, 0.2) is 39.8 Å². The zero-order valence-corrected chi connectivity index (χ0v) is 19.8. The fourth-order valence-corrected chi connectivity index (χ4v) is 4.73. The number of anilines is 1. The van der Waals surface area contributed by atoms with Crippen molar-refractivity contribution in [3.8, 4) is 22.5 Å². The molecule has 0 saturated heterocycles. The van der Waals surface area contributed by atoms with E-state index in [2.05, 4.69) is 25.4 Å². The number of hydrogen-bond acceptors (Lipinski definition) is 8. The van der Waals surface area contributed by atoms with Crippen LogP contribution in [0.3, 0.4) is 0 Å². The van der Waals surface area contributed by atoms with E-state index >= 15 is 0 Å². The van der Waals surface area contributed by atoms with Crippen LogP contribution < -0.4 is 16.6 Å². The number of pyridine rings is 1. The number of rotatable bonds is 5. The number of halogens is 1. The van der Waals surface area contributed by atoms with Crippen molar-refractivity contribution >= 4 is 28.6 Å². The van der Waals surface area contributed by atoms with Gasteiger partial charge in [-0.3, -0.25) is 9.36 Å². The van der Waals surface area contributed by atoms with Crippen LogP contribution >= 0.6 is 11.6 Å². The summed E-state index contributed by atoms with van der Waals surface area (Å²) < 4.78 is 6.71. The van der Waals surface area contributed by atoms with E-state index in [1.54, 1.807) is 35.9 Å². The number of aromatic nitrogens is 5. The van der Waals surface area contributed by atoms with Gasteiger partial charge in [-0.1, -0.05) is 28.9 Å². The zero-order valence-electron chi connectivity index (χ0n) is 19.1. The average molecular weight is 480 g/mol. The first-order chi connectivity index (χ1) is 16.4. The molecule has 0 spiro atoms. The summed E-state index contributed by atoms with van der Waals surface area (Å²) in [7, 11) is 0. The number of fused-ring (bicyclic) bond motifs is 1. The smallest absolute Gasteiger partial charge is 0.260 e. The standard InChI is InChI=1S/C24H26ClN7O2/c1-3-32-22-15(12-27-24(30-22)29-17-7-5-16(26)6-8-17)10-19(23(32)33)18-9-4-14(11-20(18)25)21-28-13(2)34-31-21/h4,9-12,16-17H,3,5-8,26H2,1-2H3,(H,27,29,30). The molecule has 3 aromatic heterocycles. The highest BCUT2D eigenvalue weighted by atomic mass is 35.5. The van der Waals surface area contributed by atoms with E-state index in [4.69, 9.17) is 21.9 Å². The van der Waals surface area contributed by atoms with Crippen LogP contribution in [0, 0.1) is 6.92 Å². The van der Waals surface area contributed by atoms with Gasteiger partial charge in [0.25, 0.3) is 5.56 Å². The van der Waals surface area contributed by atoms with Gasteiger partial charge in [0.2, 0.25) is 17.7 Å². The van der Waals surface area contributed by atoms with Crippen molar-refractivity contribution in [3.05, 3.63) is 51.7 Å². The Labute approximate surface area is 201 Å². The lowest BCUT2D eigenvalue weighted by atomic mass is 9.92. The van der Waals surface area contributed by atoms with E-state index in [1.807, 2.05) is 13.0 Å². The molecule has 5 rings (SSSR count). The molecule has 0 amide bonds. The molecule has 1 aliphatic rings. The fourth-order valence-electron chi connectivity index (χ4n) is 4.45. The molecule has 9 nitrogen and oxygen atoms in total. The Morgan fingerprint density at radius 1 is 1.18 bits per heavy atom. The van der Waals surface area contributed by atoms with Gasteiger partial charge in [0, 0.05) is 58.8 Å². The minimum atomic E-state index is -0.159. The molecule has 1 saturated carbocycles. The van der Waals surface area contributed by atoms with E-state index in [9.17, 15) is 4.79 Å². The second kappa shape index (κ2) is 9.15. The highest BCUT2D eigenvalue weighted by molar-refractivity contribution is 6.33. The lowest BCUT2D eigenvalue weighted by Gasteiger charge is -2.26. The van der Waals surface area contributed by atoms with Crippen LogP contribution in [0.4, 0.5) is 5.95 Å². The van der Waals surface area contributed by atoms with E-state index in [0.29, 0.717) is 57.6 Å². The van der Waals surface area contributed by atoms with Gasteiger partial charge in [0.15, 0.2) is 0 Å². The van der Waals surface area contributed by atoms with Crippen LogP contribution in [0.5, 0.6) is 0 Å². The molecule has 4 aromatic rings. The third-order valence-corrected chi connectivity index (χ3v) is 6.61. The van der Waals surface area contributed by atoms with Crippen molar-refractivity contribution in [1.82, 2.24) is 24.7 Å². The fraction of sp³-hybridized carbons (Fsp3) is 0.375. The van der Waals surface area contributed by atoms with Crippen LogP contribution in [0.2, 0.25) is 5.02 Å². The Kier molecular flexibility index (Phi) is 6.05. The second-order valence-corrected chi connectivity index (χ2v) is 9.07. The Morgan fingerprint density at radius 2 is 1.97 bits per heavy atom. The highest BCUT2D eigenvalue weighted by Gasteiger charge is 2.20. The van der Waals surface area contributed by atoms with Gasteiger partial charge < -0.3 is 15.6 Å². The largest absolute Gasteiger partial charge is 0.351 e. The second-order valence-electron chi connectivity index (χ2n) is 8.67. The Morgan fingerprint density at radius 3 is 2.65 bits per heavy atom. The minimum absolute atomic E-state index is 0.159. The summed E-state index contributed by atoms with van der Waals surface area (Å²) in [4.78, 5) is 26.9. The van der Waals surface area contributed by atoms with Crippen LogP contribution in [-0.4, -0.2) is 36.8 Å². The molecule has 0 bridgehead atoms. The molecule has 176 valence electrons. The predicted octanol–water partition coefficient (Wildman–Crippen LogP) is 4.17. The van der Waals surface area contributed by atoms with E-state index in [0.717, 1.165) is 31.1 Å². The third kappa shape index (κ3) is 4.28. The van der Waals surface area contributed by atoms with Gasteiger partial charge in [-0.25, -0.2) is 4.98 Å². The van der Waals surface area contributed by atoms with Gasteiger partial charge in [-0.15, -0.1) is 0 Å². The van der Waals surface area contributed by atoms with E-state index in [1.165, 1.54) is 0 Å². The third-order valence-electron chi connectivity index (χ3n) is 6.29. The highest BCUT2D eigenvalue weighted by Crippen LogP contribution is 2.31. The molecular weight excluding hydrogens is 454 g/mol. The number of nitrogens with zero attached hydrogens (tertiary/aromatic N) is 5. The first-order valence-corrected chi connectivity index (χ1v) is 11.8. The van der Waals surface area contributed by atoms with Crippen molar-refractivity contribution in [2.75, 3.05) is 5.32 Å². The van der Waals surface area contributed by atoms with Gasteiger partial charge in [-0.05, 0) is 44.7 Å². The minimum Gasteiger partial charge on any atom is -0.351 e. The summed E-state index contributed by atoms with van der Waals surface area (Å²) in [5, 5.41) is 8.53. The molecule has 3 N–H and O–H groups in total. The van der Waals surface area contributed by atoms with Gasteiger partial charge >= 0.3 is 0 Å². The summed E-state index contributed by atoms with van der Waals surface area (Å²) in [5.41, 5.74) is 8.27. The first-order valence-electron chi connectivity index (χ1n) is 11.5. The summed E-state index contributed by atoms with van der Waals surface area (Å²) in [5.74, 6) is 1.44. The van der Waals surface area contributed by atoms with E-state index in [-0.39, 0.29) is 11.6 Å². The average Bonchev–Trinajstić information content (AvgIpc) is 3.27. The van der Waals surface area contributed by atoms with Crippen molar-refractivity contribution in [1.29, 1.82) is 0 Å². The van der Waals surface area contributed by atoms with Crippen LogP contribution in [0.1, 0.15) is 38.5 Å². The monoisotopic (exact) mass is 479 g/mol. The molecule has 0 radical (unpaired) electrons. The quantitative estimate of drug-likeness (QED) is 0.437. The number of nitrogens with one attached hydrogen (secondary N) is 1. The van der Waals surface area contributed by atoms with Crippen LogP contribution in [0.25, 0.3) is 33.5 Å². The SMILES string of the molecule is CCn1c(=O)c(-c2ccc(-c3noc(C)n3)cc2Cl)cc2cnc(NC3CCC(N)CC3)nc21. The first kappa shape index (κ1) is 22.5. The Balaban J connectivity index is 1.51. The summed E-state index contributed by atoms with van der Waals surface area (Å²) >= 11 is 6.60. The zero-order chi connectivity index (χ0) is 23.8. The molecular formula is C24H26ClN7O2. The predicted molar refractivity (Wildman–Crippen MR) is 132 cm³/mol. The van der Waals surface area contributed by atoms with Crippen LogP contribution in [-0.2, 0) is 6.54 Å². The van der Waals surface area contributed by atoms with Crippen molar-refractivity contribution in [2.24, 2.45) is 5.73 Å². The van der Waals surface area contributed by atoms with Gasteiger partial charge in [0.05, 0.1) is 0 Å². The summed E-state index contributed by atoms with van der Waals surface area (Å²) in [6.07, 6.45) is 5.69. The molecule has 1 fully saturated rings. The molecule has 1 aromatic carbocycles. The maximum atomic E-state index is 13.4. The van der Waals surface area contributed by atoms with E-state index < -0.39 is 0 Å². The van der Waals surface area contributed by atoms with Gasteiger partial charge in [-0.2, -0.15) is 9.97 Å². The van der Waals surface area contributed by atoms with Gasteiger partial charge in [0.1, 0.15) is 5.65 Å². The summed E-state index contributed by atoms with van der Waals surface area (Å²) in [6.45, 7) is 4.11. The maximum absolute atomic E-state index is 13.4. The number of aryl methyl sites for hydroxylation is 2. The topological polar surface area (TPSA) is 125 Å². The Hall–Kier alpha value is -3.30. The normalized spacial score (nSPS) is 18.4. The lowest BCUT2D eigenvalue weighted by Crippen LogP contribution is -2.33. The van der Waals surface area contributed by atoms with Crippen molar-refractivity contribution < 1.29 is 4.52 Å². The number of benzene rings is 1. The molecule has 10 heteroatoms. The number of nitrogens with two attached hydrogens (primary N) is 1. The molecule has 3 heterocycles. The van der Waals surface area contributed by atoms with Crippen molar-refractivity contribution in [3.63, 3.8) is 0 Å². The number of hydrogen-bond donors (Lipinski definition) is 2. The molecule has 1 aliphatic carbocycles.